The fourth-order valence-corrected chi connectivity index (χ4v) is 5.24. The number of halogens is 3. The minimum atomic E-state index is -4.56. The van der Waals surface area contributed by atoms with Gasteiger partial charge in [0.25, 0.3) is 5.91 Å². The zero-order valence-corrected chi connectivity index (χ0v) is 23.2. The van der Waals surface area contributed by atoms with Gasteiger partial charge >= 0.3 is 6.18 Å². The highest BCUT2D eigenvalue weighted by Crippen LogP contribution is 2.35. The number of carbonyl (C=O) groups excluding carboxylic acids is 1. The number of anilines is 1. The van der Waals surface area contributed by atoms with Gasteiger partial charge in [-0.05, 0) is 76.3 Å². The quantitative estimate of drug-likeness (QED) is 0.551. The second-order valence-electron chi connectivity index (χ2n) is 10.7. The van der Waals surface area contributed by atoms with Gasteiger partial charge in [-0.2, -0.15) is 18.3 Å². The molecule has 0 bridgehead atoms. The standard InChI is InChI=1S/C30H32F3N7O/c1-20-27(40-28(36-20)7-4-12-35-40)11-8-21-14-23(17-34-16-21)29(41)37-24-10-9-22(26(15-24)30(31,32)33)18-39-13-5-6-25(19-39)38(2)3/h4,7,9-10,12,14-17,20,25,27H,5-6,13,18-19H2,1-3H3,(H,37,41)/t20?,25-,27?/m0/s1. The highest BCUT2D eigenvalue weighted by molar-refractivity contribution is 6.04. The number of piperidine rings is 1. The molecule has 1 aromatic heterocycles. The molecule has 0 aliphatic carbocycles. The van der Waals surface area contributed by atoms with Crippen molar-refractivity contribution >= 4 is 23.6 Å². The summed E-state index contributed by atoms with van der Waals surface area (Å²) in [4.78, 5) is 25.8. The van der Waals surface area contributed by atoms with Crippen molar-refractivity contribution in [1.82, 2.24) is 19.8 Å². The van der Waals surface area contributed by atoms with E-state index in [-0.39, 0.29) is 35.4 Å². The molecular formula is C30H32F3N7O. The Morgan fingerprint density at radius 3 is 2.83 bits per heavy atom. The predicted molar refractivity (Wildman–Crippen MR) is 153 cm³/mol. The third-order valence-electron chi connectivity index (χ3n) is 7.46. The van der Waals surface area contributed by atoms with Gasteiger partial charge < -0.3 is 10.2 Å². The van der Waals surface area contributed by atoms with Gasteiger partial charge in [0.2, 0.25) is 0 Å². The molecule has 0 spiro atoms. The first kappa shape index (κ1) is 28.5. The van der Waals surface area contributed by atoms with Crippen LogP contribution in [0.2, 0.25) is 0 Å². The first-order valence-corrected chi connectivity index (χ1v) is 13.5. The average molecular weight is 564 g/mol. The number of fused-ring (bicyclic) bond motifs is 1. The van der Waals surface area contributed by atoms with Crippen LogP contribution in [-0.4, -0.2) is 83.1 Å². The Morgan fingerprint density at radius 1 is 1.22 bits per heavy atom. The lowest BCUT2D eigenvalue weighted by atomic mass is 10.0. The maximum atomic E-state index is 14.1. The summed E-state index contributed by atoms with van der Waals surface area (Å²) < 4.78 is 42.2. The Bertz CT molecular complexity index is 1450. The third kappa shape index (κ3) is 6.66. The van der Waals surface area contributed by atoms with Crippen molar-refractivity contribution in [2.75, 3.05) is 32.5 Å². The smallest absolute Gasteiger partial charge is 0.322 e. The van der Waals surface area contributed by atoms with Crippen molar-refractivity contribution in [3.63, 3.8) is 0 Å². The van der Waals surface area contributed by atoms with Crippen LogP contribution < -0.4 is 5.32 Å². The molecule has 214 valence electrons. The van der Waals surface area contributed by atoms with Crippen molar-refractivity contribution < 1.29 is 18.0 Å². The van der Waals surface area contributed by atoms with Gasteiger partial charge in [-0.3, -0.25) is 19.7 Å². The summed E-state index contributed by atoms with van der Waals surface area (Å²) in [6.07, 6.45) is 5.64. The Labute approximate surface area is 237 Å². The molecule has 5 rings (SSSR count). The molecule has 8 nitrogen and oxygen atoms in total. The number of amidine groups is 1. The number of hydrazone groups is 1. The largest absolute Gasteiger partial charge is 0.416 e. The van der Waals surface area contributed by atoms with Gasteiger partial charge in [0.15, 0.2) is 0 Å². The number of likely N-dealkylation sites (tertiary alicyclic amines) is 1. The molecule has 41 heavy (non-hydrogen) atoms. The molecule has 11 heteroatoms. The molecule has 1 saturated heterocycles. The minimum Gasteiger partial charge on any atom is -0.322 e. The lowest BCUT2D eigenvalue weighted by Crippen LogP contribution is -2.44. The number of pyridine rings is 1. The number of aromatic nitrogens is 1. The molecule has 3 atom stereocenters. The summed E-state index contributed by atoms with van der Waals surface area (Å²) in [5.74, 6) is 6.35. The summed E-state index contributed by atoms with van der Waals surface area (Å²) in [5.41, 5.74) is 0.192. The van der Waals surface area contributed by atoms with Crippen molar-refractivity contribution in [3.8, 4) is 11.8 Å². The van der Waals surface area contributed by atoms with Crippen LogP contribution in [0.15, 0.2) is 58.9 Å². The number of nitrogens with one attached hydrogen (secondary N) is 1. The summed E-state index contributed by atoms with van der Waals surface area (Å²) in [7, 11) is 3.99. The van der Waals surface area contributed by atoms with Crippen molar-refractivity contribution in [1.29, 1.82) is 0 Å². The van der Waals surface area contributed by atoms with Crippen LogP contribution in [0.4, 0.5) is 18.9 Å². The number of nitrogens with zero attached hydrogens (tertiary/aromatic N) is 6. The number of allylic oxidation sites excluding steroid dienone is 1. The molecule has 0 radical (unpaired) electrons. The van der Waals surface area contributed by atoms with Crippen LogP contribution >= 0.6 is 0 Å². The molecule has 3 aliphatic heterocycles. The number of benzene rings is 1. The first-order valence-electron chi connectivity index (χ1n) is 13.5. The SMILES string of the molecule is CC1N=C2C=CC=NN2C1C#Cc1cncc(C(=O)Nc2ccc(CN3CCC[C@H](N(C)C)C3)c(C(F)(F)F)c2)c1. The van der Waals surface area contributed by atoms with Crippen molar-refractivity contribution in [2.24, 2.45) is 10.1 Å². The van der Waals surface area contributed by atoms with E-state index in [4.69, 9.17) is 0 Å². The van der Waals surface area contributed by atoms with Gasteiger partial charge in [-0.15, -0.1) is 0 Å². The lowest BCUT2D eigenvalue weighted by molar-refractivity contribution is -0.138. The molecule has 3 aliphatic rings. The third-order valence-corrected chi connectivity index (χ3v) is 7.46. The topological polar surface area (TPSA) is 76.4 Å². The van der Waals surface area contributed by atoms with Gasteiger partial charge in [-0.1, -0.05) is 17.9 Å². The fourth-order valence-electron chi connectivity index (χ4n) is 5.24. The van der Waals surface area contributed by atoms with Crippen LogP contribution in [-0.2, 0) is 12.7 Å². The van der Waals surface area contributed by atoms with E-state index < -0.39 is 17.6 Å². The predicted octanol–water partition coefficient (Wildman–Crippen LogP) is 4.26. The zero-order chi connectivity index (χ0) is 29.1. The Balaban J connectivity index is 1.29. The number of hydrogen-bond donors (Lipinski definition) is 1. The monoisotopic (exact) mass is 563 g/mol. The average Bonchev–Trinajstić information content (AvgIpc) is 3.27. The number of amides is 1. The Hall–Kier alpha value is -4.01. The van der Waals surface area contributed by atoms with E-state index in [9.17, 15) is 18.0 Å². The van der Waals surface area contributed by atoms with Gasteiger partial charge in [-0.25, -0.2) is 5.01 Å². The molecular weight excluding hydrogens is 531 g/mol. The molecule has 1 fully saturated rings. The van der Waals surface area contributed by atoms with E-state index in [1.807, 2.05) is 33.2 Å². The van der Waals surface area contributed by atoms with Crippen LogP contribution in [0.25, 0.3) is 0 Å². The normalized spacial score (nSPS) is 22.3. The minimum absolute atomic E-state index is 0.0628. The number of rotatable bonds is 5. The number of alkyl halides is 3. The van der Waals surface area contributed by atoms with E-state index in [0.29, 0.717) is 18.2 Å². The Morgan fingerprint density at radius 2 is 2.05 bits per heavy atom. The van der Waals surface area contributed by atoms with E-state index in [1.54, 1.807) is 17.3 Å². The maximum absolute atomic E-state index is 14.1. The second-order valence-corrected chi connectivity index (χ2v) is 10.7. The number of aliphatic imine (C=N–C) groups is 1. The van der Waals surface area contributed by atoms with Crippen molar-refractivity contribution in [3.05, 3.63) is 71.1 Å². The number of hydrogen-bond acceptors (Lipinski definition) is 7. The van der Waals surface area contributed by atoms with Crippen LogP contribution in [0.5, 0.6) is 0 Å². The molecule has 2 unspecified atom stereocenters. The summed E-state index contributed by atoms with van der Waals surface area (Å²) in [6.45, 7) is 3.61. The summed E-state index contributed by atoms with van der Waals surface area (Å²) >= 11 is 0. The zero-order valence-electron chi connectivity index (χ0n) is 23.2. The molecule has 1 amide bonds. The van der Waals surface area contributed by atoms with Gasteiger partial charge in [0.1, 0.15) is 11.9 Å². The molecule has 0 saturated carbocycles. The van der Waals surface area contributed by atoms with Crippen molar-refractivity contribution in [2.45, 2.75) is 50.6 Å². The van der Waals surface area contributed by atoms with E-state index in [1.165, 1.54) is 24.5 Å². The molecule has 2 aromatic rings. The number of carbonyl (C=O) groups is 1. The maximum Gasteiger partial charge on any atom is 0.416 e. The van der Waals surface area contributed by atoms with Gasteiger partial charge in [0, 0.05) is 49.0 Å². The first-order chi connectivity index (χ1) is 19.6. The van der Waals surface area contributed by atoms with E-state index in [2.05, 4.69) is 42.0 Å². The van der Waals surface area contributed by atoms with Crippen LogP contribution in [0.3, 0.4) is 0 Å². The van der Waals surface area contributed by atoms with Crippen LogP contribution in [0.1, 0.15) is 46.8 Å². The highest BCUT2D eigenvalue weighted by atomic mass is 19.4. The molecule has 1 aromatic carbocycles. The fraction of sp³-hybridized carbons (Fsp3) is 0.400. The summed E-state index contributed by atoms with van der Waals surface area (Å²) in [6, 6.07) is 5.49. The number of likely N-dealkylation sites (N-methyl/N-ethyl adjacent to an activating group) is 1. The lowest BCUT2D eigenvalue weighted by Gasteiger charge is -2.36. The van der Waals surface area contributed by atoms with E-state index >= 15 is 0 Å². The summed E-state index contributed by atoms with van der Waals surface area (Å²) in [5, 5.41) is 8.66. The second kappa shape index (κ2) is 11.8. The van der Waals surface area contributed by atoms with E-state index in [0.717, 1.165) is 31.3 Å². The Kier molecular flexibility index (Phi) is 8.24. The van der Waals surface area contributed by atoms with Gasteiger partial charge in [0.05, 0.1) is 17.2 Å². The molecule has 4 heterocycles. The van der Waals surface area contributed by atoms with Crippen LogP contribution in [0, 0.1) is 11.8 Å². The highest BCUT2D eigenvalue weighted by Gasteiger charge is 2.35. The molecule has 1 N–H and O–H groups in total.